The molecule has 1 aromatic rings. The van der Waals surface area contributed by atoms with Gasteiger partial charge in [-0.15, -0.1) is 11.3 Å². The molecule has 1 heterocycles. The van der Waals surface area contributed by atoms with Gasteiger partial charge in [0, 0.05) is 11.3 Å². The zero-order chi connectivity index (χ0) is 11.6. The molecule has 1 aromatic heterocycles. The van der Waals surface area contributed by atoms with E-state index >= 15 is 0 Å². The van der Waals surface area contributed by atoms with Gasteiger partial charge in [0.15, 0.2) is 0 Å². The maximum absolute atomic E-state index is 10.4. The molecular weight excluding hydrogens is 240 g/mol. The second kappa shape index (κ2) is 5.07. The zero-order valence-electron chi connectivity index (χ0n) is 9.71. The first-order chi connectivity index (χ1) is 7.66. The van der Waals surface area contributed by atoms with E-state index in [0.717, 1.165) is 17.2 Å². The minimum atomic E-state index is -0.199. The molecule has 0 radical (unpaired) electrons. The van der Waals surface area contributed by atoms with Crippen LogP contribution in [0.25, 0.3) is 0 Å². The summed E-state index contributed by atoms with van der Waals surface area (Å²) in [5.74, 6) is 0. The van der Waals surface area contributed by atoms with Crippen molar-refractivity contribution in [1.29, 1.82) is 0 Å². The third kappa shape index (κ3) is 2.44. The second-order valence-electron chi connectivity index (χ2n) is 4.85. The van der Waals surface area contributed by atoms with E-state index in [1.165, 1.54) is 30.6 Å². The summed E-state index contributed by atoms with van der Waals surface area (Å²) in [6.45, 7) is 2.20. The molecule has 1 atom stereocenters. The fourth-order valence-electron chi connectivity index (χ4n) is 2.87. The lowest BCUT2D eigenvalue weighted by Crippen LogP contribution is -2.33. The Bertz CT molecular complexity index is 341. The first kappa shape index (κ1) is 12.4. The van der Waals surface area contributed by atoms with Crippen molar-refractivity contribution in [3.05, 3.63) is 21.3 Å². The average Bonchev–Trinajstić information content (AvgIpc) is 2.88. The Morgan fingerprint density at radius 1 is 1.44 bits per heavy atom. The molecule has 0 saturated heterocycles. The molecule has 1 saturated carbocycles. The van der Waals surface area contributed by atoms with Crippen LogP contribution in [0.2, 0.25) is 4.34 Å². The van der Waals surface area contributed by atoms with Crippen LogP contribution in [0.1, 0.15) is 43.9 Å². The molecule has 1 aliphatic rings. The van der Waals surface area contributed by atoms with Gasteiger partial charge in [0.1, 0.15) is 0 Å². The van der Waals surface area contributed by atoms with E-state index in [1.54, 1.807) is 11.3 Å². The Morgan fingerprint density at radius 2 is 2.12 bits per heavy atom. The number of rotatable bonds is 4. The van der Waals surface area contributed by atoms with Crippen molar-refractivity contribution in [2.45, 2.75) is 51.6 Å². The standard InChI is InChI=1S/C13H19ClOS/c1-2-13(7-3-4-8-13)11(15)9-10-5-6-12(14)16-10/h5-6,11,15H,2-4,7-9H2,1H3. The van der Waals surface area contributed by atoms with Gasteiger partial charge in [0.05, 0.1) is 10.4 Å². The van der Waals surface area contributed by atoms with Crippen molar-refractivity contribution >= 4 is 22.9 Å². The van der Waals surface area contributed by atoms with E-state index in [4.69, 9.17) is 11.6 Å². The van der Waals surface area contributed by atoms with E-state index in [0.29, 0.717) is 0 Å². The van der Waals surface area contributed by atoms with E-state index in [2.05, 4.69) is 6.92 Å². The van der Waals surface area contributed by atoms with Crippen LogP contribution in [0, 0.1) is 5.41 Å². The van der Waals surface area contributed by atoms with Crippen LogP contribution >= 0.6 is 22.9 Å². The molecule has 1 nitrogen and oxygen atoms in total. The summed E-state index contributed by atoms with van der Waals surface area (Å²) in [6.07, 6.45) is 6.58. The van der Waals surface area contributed by atoms with Gasteiger partial charge >= 0.3 is 0 Å². The number of aliphatic hydroxyl groups excluding tert-OH is 1. The van der Waals surface area contributed by atoms with Crippen LogP contribution in [0.3, 0.4) is 0 Å². The van der Waals surface area contributed by atoms with Gasteiger partial charge in [-0.25, -0.2) is 0 Å². The monoisotopic (exact) mass is 258 g/mol. The summed E-state index contributed by atoms with van der Waals surface area (Å²) in [6, 6.07) is 3.95. The summed E-state index contributed by atoms with van der Waals surface area (Å²) < 4.78 is 0.819. The summed E-state index contributed by atoms with van der Waals surface area (Å²) in [5, 5.41) is 10.4. The Labute approximate surface area is 106 Å². The van der Waals surface area contributed by atoms with E-state index in [1.807, 2.05) is 12.1 Å². The van der Waals surface area contributed by atoms with Crippen molar-refractivity contribution in [2.24, 2.45) is 5.41 Å². The first-order valence-corrected chi connectivity index (χ1v) is 7.28. The number of aliphatic hydroxyl groups is 1. The predicted molar refractivity (Wildman–Crippen MR) is 70.2 cm³/mol. The van der Waals surface area contributed by atoms with Crippen LogP contribution in [0.5, 0.6) is 0 Å². The number of halogens is 1. The lowest BCUT2D eigenvalue weighted by molar-refractivity contribution is 0.0263. The van der Waals surface area contributed by atoms with Crippen molar-refractivity contribution in [3.8, 4) is 0 Å². The smallest absolute Gasteiger partial charge is 0.0931 e. The third-order valence-corrected chi connectivity index (χ3v) is 5.29. The van der Waals surface area contributed by atoms with Crippen LogP contribution < -0.4 is 0 Å². The maximum Gasteiger partial charge on any atom is 0.0931 e. The maximum atomic E-state index is 10.4. The minimum Gasteiger partial charge on any atom is -0.392 e. The molecule has 1 unspecified atom stereocenters. The average molecular weight is 259 g/mol. The van der Waals surface area contributed by atoms with Crippen molar-refractivity contribution in [2.75, 3.05) is 0 Å². The van der Waals surface area contributed by atoms with E-state index < -0.39 is 0 Å². The molecule has 0 aromatic carbocycles. The highest BCUT2D eigenvalue weighted by atomic mass is 35.5. The Hall–Kier alpha value is -0.0500. The molecule has 0 bridgehead atoms. The van der Waals surface area contributed by atoms with Gasteiger partial charge in [0.2, 0.25) is 0 Å². The van der Waals surface area contributed by atoms with Crippen LogP contribution in [-0.4, -0.2) is 11.2 Å². The second-order valence-corrected chi connectivity index (χ2v) is 6.65. The Balaban J connectivity index is 2.03. The van der Waals surface area contributed by atoms with Crippen LogP contribution in [-0.2, 0) is 6.42 Å². The normalized spacial score (nSPS) is 21.2. The van der Waals surface area contributed by atoms with Crippen molar-refractivity contribution in [1.82, 2.24) is 0 Å². The summed E-state index contributed by atoms with van der Waals surface area (Å²) >= 11 is 7.50. The van der Waals surface area contributed by atoms with E-state index in [-0.39, 0.29) is 11.5 Å². The molecule has 0 amide bonds. The highest BCUT2D eigenvalue weighted by Crippen LogP contribution is 2.45. The highest BCUT2D eigenvalue weighted by molar-refractivity contribution is 7.16. The molecule has 16 heavy (non-hydrogen) atoms. The quantitative estimate of drug-likeness (QED) is 0.855. The Morgan fingerprint density at radius 3 is 2.62 bits per heavy atom. The molecule has 90 valence electrons. The number of hydrogen-bond donors (Lipinski definition) is 1. The molecule has 1 aliphatic carbocycles. The highest BCUT2D eigenvalue weighted by Gasteiger charge is 2.38. The molecule has 2 rings (SSSR count). The van der Waals surface area contributed by atoms with E-state index in [9.17, 15) is 5.11 Å². The Kier molecular flexibility index (Phi) is 3.93. The third-order valence-electron chi connectivity index (χ3n) is 4.03. The topological polar surface area (TPSA) is 20.2 Å². The van der Waals surface area contributed by atoms with Gasteiger partial charge < -0.3 is 5.11 Å². The SMILES string of the molecule is CCC1(C(O)Cc2ccc(Cl)s2)CCCC1. The van der Waals surface area contributed by atoms with Crippen molar-refractivity contribution in [3.63, 3.8) is 0 Å². The lowest BCUT2D eigenvalue weighted by atomic mass is 9.76. The fourth-order valence-corrected chi connectivity index (χ4v) is 3.99. The molecular formula is C13H19ClOS. The fraction of sp³-hybridized carbons (Fsp3) is 0.692. The molecule has 3 heteroatoms. The van der Waals surface area contributed by atoms with Gasteiger partial charge in [-0.2, -0.15) is 0 Å². The summed E-state index contributed by atoms with van der Waals surface area (Å²) in [5.41, 5.74) is 0.177. The molecule has 1 N–H and O–H groups in total. The largest absolute Gasteiger partial charge is 0.392 e. The number of hydrogen-bond acceptors (Lipinski definition) is 2. The van der Waals surface area contributed by atoms with Gasteiger partial charge in [-0.3, -0.25) is 0 Å². The summed E-state index contributed by atoms with van der Waals surface area (Å²) in [4.78, 5) is 1.21. The van der Waals surface area contributed by atoms with Gasteiger partial charge in [0.25, 0.3) is 0 Å². The molecule has 0 aliphatic heterocycles. The first-order valence-electron chi connectivity index (χ1n) is 6.08. The molecule has 0 spiro atoms. The zero-order valence-corrected chi connectivity index (χ0v) is 11.3. The molecule has 1 fully saturated rings. The lowest BCUT2D eigenvalue weighted by Gasteiger charge is -2.33. The predicted octanol–water partition coefficient (Wildman–Crippen LogP) is 4.28. The minimum absolute atomic E-state index is 0.177. The van der Waals surface area contributed by atoms with Crippen LogP contribution in [0.15, 0.2) is 12.1 Å². The number of thiophene rings is 1. The summed E-state index contributed by atoms with van der Waals surface area (Å²) in [7, 11) is 0. The van der Waals surface area contributed by atoms with Gasteiger partial charge in [-0.1, -0.05) is 31.4 Å². The van der Waals surface area contributed by atoms with Gasteiger partial charge in [-0.05, 0) is 36.8 Å². The van der Waals surface area contributed by atoms with Crippen molar-refractivity contribution < 1.29 is 5.11 Å². The van der Waals surface area contributed by atoms with Crippen LogP contribution in [0.4, 0.5) is 0 Å².